The molecular formula is C13H19NO2. The maximum Gasteiger partial charge on any atom is 0.223 e. The summed E-state index contributed by atoms with van der Waals surface area (Å²) >= 11 is 0. The minimum absolute atomic E-state index is 0.0347. The number of aliphatic hydroxyl groups is 1. The number of hydrogen-bond donors (Lipinski definition) is 2. The minimum atomic E-state index is -0.590. The Morgan fingerprint density at radius 2 is 2.00 bits per heavy atom. The Labute approximate surface area is 96.5 Å². The van der Waals surface area contributed by atoms with Crippen LogP contribution in [0.25, 0.3) is 0 Å². The average molecular weight is 221 g/mol. The van der Waals surface area contributed by atoms with E-state index < -0.39 is 6.10 Å². The molecule has 2 unspecified atom stereocenters. The van der Waals surface area contributed by atoms with Crippen LogP contribution in [0.1, 0.15) is 38.3 Å². The average Bonchev–Trinajstić information content (AvgIpc) is 2.26. The van der Waals surface area contributed by atoms with E-state index in [0.29, 0.717) is 0 Å². The number of benzene rings is 1. The molecule has 0 bridgehead atoms. The molecule has 2 N–H and O–H groups in total. The van der Waals surface area contributed by atoms with Gasteiger partial charge in [0, 0.05) is 0 Å². The van der Waals surface area contributed by atoms with E-state index >= 15 is 0 Å². The number of amides is 1. The molecule has 1 rings (SSSR count). The predicted octanol–water partition coefficient (Wildman–Crippen LogP) is 2.02. The van der Waals surface area contributed by atoms with Gasteiger partial charge >= 0.3 is 0 Å². The molecule has 2 atom stereocenters. The summed E-state index contributed by atoms with van der Waals surface area (Å²) < 4.78 is 0. The van der Waals surface area contributed by atoms with Crippen molar-refractivity contribution < 1.29 is 9.90 Å². The Bertz CT molecular complexity index is 322. The number of carbonyl (C=O) groups excluding carboxylic acids is 1. The van der Waals surface area contributed by atoms with Crippen LogP contribution in [0.2, 0.25) is 0 Å². The number of aliphatic hydroxyl groups excluding tert-OH is 1. The lowest BCUT2D eigenvalue weighted by Gasteiger charge is -2.17. The van der Waals surface area contributed by atoms with E-state index in [-0.39, 0.29) is 18.4 Å². The monoisotopic (exact) mass is 221 g/mol. The maximum atomic E-state index is 11.5. The fraction of sp³-hybridized carbons (Fsp3) is 0.462. The van der Waals surface area contributed by atoms with Crippen LogP contribution in [0.5, 0.6) is 0 Å². The molecule has 1 aromatic carbocycles. The molecule has 0 radical (unpaired) electrons. The Morgan fingerprint density at radius 3 is 2.50 bits per heavy atom. The van der Waals surface area contributed by atoms with Gasteiger partial charge in [-0.3, -0.25) is 4.79 Å². The third kappa shape index (κ3) is 4.03. The summed E-state index contributed by atoms with van der Waals surface area (Å²) in [5.74, 6) is -0.106. The van der Waals surface area contributed by atoms with Crippen LogP contribution in [0.3, 0.4) is 0 Å². The van der Waals surface area contributed by atoms with Crippen LogP contribution in [-0.4, -0.2) is 17.1 Å². The van der Waals surface area contributed by atoms with E-state index in [1.165, 1.54) is 0 Å². The molecule has 0 heterocycles. The SMILES string of the molecule is CCC(NC(=O)CC(C)O)c1ccccc1. The fourth-order valence-corrected chi connectivity index (χ4v) is 1.63. The van der Waals surface area contributed by atoms with Crippen molar-refractivity contribution in [1.82, 2.24) is 5.32 Å². The first-order valence-electron chi connectivity index (χ1n) is 5.65. The molecule has 0 saturated carbocycles. The van der Waals surface area contributed by atoms with Gasteiger partial charge in [-0.25, -0.2) is 0 Å². The van der Waals surface area contributed by atoms with Crippen molar-refractivity contribution >= 4 is 5.91 Å². The second-order valence-electron chi connectivity index (χ2n) is 3.99. The van der Waals surface area contributed by atoms with Gasteiger partial charge in [0.05, 0.1) is 18.6 Å². The van der Waals surface area contributed by atoms with E-state index in [9.17, 15) is 4.79 Å². The Kier molecular flexibility index (Phi) is 4.99. The van der Waals surface area contributed by atoms with Crippen molar-refractivity contribution in [2.45, 2.75) is 38.8 Å². The van der Waals surface area contributed by atoms with E-state index in [2.05, 4.69) is 5.32 Å². The molecule has 3 heteroatoms. The minimum Gasteiger partial charge on any atom is -0.393 e. The highest BCUT2D eigenvalue weighted by Crippen LogP contribution is 2.15. The molecule has 0 aromatic heterocycles. The van der Waals surface area contributed by atoms with Gasteiger partial charge in [-0.05, 0) is 18.9 Å². The van der Waals surface area contributed by atoms with Gasteiger partial charge in [0.25, 0.3) is 0 Å². The third-order valence-electron chi connectivity index (χ3n) is 2.43. The molecule has 3 nitrogen and oxygen atoms in total. The number of carbonyl (C=O) groups is 1. The summed E-state index contributed by atoms with van der Waals surface area (Å²) in [7, 11) is 0. The lowest BCUT2D eigenvalue weighted by atomic mass is 10.0. The topological polar surface area (TPSA) is 49.3 Å². The molecule has 16 heavy (non-hydrogen) atoms. The maximum absolute atomic E-state index is 11.5. The van der Waals surface area contributed by atoms with Gasteiger partial charge in [0.1, 0.15) is 0 Å². The van der Waals surface area contributed by atoms with Gasteiger partial charge in [0.15, 0.2) is 0 Å². The normalized spacial score (nSPS) is 14.2. The first-order chi connectivity index (χ1) is 7.63. The van der Waals surface area contributed by atoms with E-state index in [0.717, 1.165) is 12.0 Å². The van der Waals surface area contributed by atoms with Crippen LogP contribution in [0, 0.1) is 0 Å². The molecule has 1 aromatic rings. The third-order valence-corrected chi connectivity index (χ3v) is 2.43. The second kappa shape index (κ2) is 6.28. The Hall–Kier alpha value is -1.35. The summed E-state index contributed by atoms with van der Waals surface area (Å²) in [4.78, 5) is 11.5. The largest absolute Gasteiger partial charge is 0.393 e. The number of rotatable bonds is 5. The summed E-state index contributed by atoms with van der Waals surface area (Å²) in [5, 5.41) is 12.0. The van der Waals surface area contributed by atoms with Crippen LogP contribution in [-0.2, 0) is 4.79 Å². The van der Waals surface area contributed by atoms with E-state index in [1.807, 2.05) is 37.3 Å². The predicted molar refractivity (Wildman–Crippen MR) is 63.9 cm³/mol. The first kappa shape index (κ1) is 12.7. The van der Waals surface area contributed by atoms with Gasteiger partial charge in [-0.15, -0.1) is 0 Å². The number of hydrogen-bond acceptors (Lipinski definition) is 2. The highest BCUT2D eigenvalue weighted by molar-refractivity contribution is 5.76. The summed E-state index contributed by atoms with van der Waals surface area (Å²) in [6.45, 7) is 3.64. The Balaban J connectivity index is 2.59. The van der Waals surface area contributed by atoms with Crippen molar-refractivity contribution in [3.05, 3.63) is 35.9 Å². The fourth-order valence-electron chi connectivity index (χ4n) is 1.63. The molecule has 0 aliphatic heterocycles. The zero-order valence-corrected chi connectivity index (χ0v) is 9.81. The van der Waals surface area contributed by atoms with Gasteiger partial charge in [-0.2, -0.15) is 0 Å². The van der Waals surface area contributed by atoms with Crippen molar-refractivity contribution in [3.8, 4) is 0 Å². The smallest absolute Gasteiger partial charge is 0.223 e. The molecule has 0 saturated heterocycles. The van der Waals surface area contributed by atoms with Crippen LogP contribution in [0.15, 0.2) is 30.3 Å². The van der Waals surface area contributed by atoms with E-state index in [4.69, 9.17) is 5.11 Å². The van der Waals surface area contributed by atoms with Crippen molar-refractivity contribution in [3.63, 3.8) is 0 Å². The Morgan fingerprint density at radius 1 is 1.38 bits per heavy atom. The highest BCUT2D eigenvalue weighted by atomic mass is 16.3. The molecule has 0 aliphatic rings. The van der Waals surface area contributed by atoms with E-state index in [1.54, 1.807) is 6.92 Å². The van der Waals surface area contributed by atoms with Crippen molar-refractivity contribution in [2.24, 2.45) is 0 Å². The molecular weight excluding hydrogens is 202 g/mol. The van der Waals surface area contributed by atoms with Crippen molar-refractivity contribution in [1.29, 1.82) is 0 Å². The van der Waals surface area contributed by atoms with Crippen LogP contribution < -0.4 is 5.32 Å². The molecule has 88 valence electrons. The number of nitrogens with one attached hydrogen (secondary N) is 1. The molecule has 0 fully saturated rings. The lowest BCUT2D eigenvalue weighted by Crippen LogP contribution is -2.30. The van der Waals surface area contributed by atoms with Gasteiger partial charge in [-0.1, -0.05) is 37.3 Å². The molecule has 1 amide bonds. The zero-order chi connectivity index (χ0) is 12.0. The van der Waals surface area contributed by atoms with Gasteiger partial charge < -0.3 is 10.4 Å². The van der Waals surface area contributed by atoms with Crippen LogP contribution in [0.4, 0.5) is 0 Å². The lowest BCUT2D eigenvalue weighted by molar-refractivity contribution is -0.123. The summed E-state index contributed by atoms with van der Waals surface area (Å²) in [6.07, 6.45) is 0.409. The molecule has 0 spiro atoms. The standard InChI is InChI=1S/C13H19NO2/c1-3-12(11-7-5-4-6-8-11)14-13(16)9-10(2)15/h4-8,10,12,15H,3,9H2,1-2H3,(H,14,16). The molecule has 0 aliphatic carbocycles. The van der Waals surface area contributed by atoms with Crippen LogP contribution >= 0.6 is 0 Å². The second-order valence-corrected chi connectivity index (χ2v) is 3.99. The summed E-state index contributed by atoms with van der Waals surface area (Å²) in [6, 6.07) is 9.89. The zero-order valence-electron chi connectivity index (χ0n) is 9.81. The summed E-state index contributed by atoms with van der Waals surface area (Å²) in [5.41, 5.74) is 1.10. The first-order valence-corrected chi connectivity index (χ1v) is 5.65. The quantitative estimate of drug-likeness (QED) is 0.799. The highest BCUT2D eigenvalue weighted by Gasteiger charge is 2.13. The van der Waals surface area contributed by atoms with Gasteiger partial charge in [0.2, 0.25) is 5.91 Å². The van der Waals surface area contributed by atoms with Crippen molar-refractivity contribution in [2.75, 3.05) is 0 Å².